The summed E-state index contributed by atoms with van der Waals surface area (Å²) in [4.78, 5) is 12.0. The van der Waals surface area contributed by atoms with Gasteiger partial charge in [0.15, 0.2) is 0 Å². The minimum atomic E-state index is -0.00143. The SMILES string of the molecule is Cc1cccc([C@H](C)NC(=O)CC2CNCCO2)c1. The van der Waals surface area contributed by atoms with Gasteiger partial charge in [-0.3, -0.25) is 4.79 Å². The van der Waals surface area contributed by atoms with E-state index in [9.17, 15) is 4.79 Å². The predicted molar refractivity (Wildman–Crippen MR) is 75.0 cm³/mol. The van der Waals surface area contributed by atoms with Gasteiger partial charge in [0.25, 0.3) is 0 Å². The Morgan fingerprint density at radius 3 is 3.11 bits per heavy atom. The van der Waals surface area contributed by atoms with Crippen molar-refractivity contribution in [2.75, 3.05) is 19.7 Å². The van der Waals surface area contributed by atoms with Crippen LogP contribution in [-0.2, 0) is 9.53 Å². The van der Waals surface area contributed by atoms with E-state index in [2.05, 4.69) is 29.7 Å². The van der Waals surface area contributed by atoms with Crippen molar-refractivity contribution in [3.05, 3.63) is 35.4 Å². The van der Waals surface area contributed by atoms with Crippen LogP contribution in [0, 0.1) is 6.92 Å². The predicted octanol–water partition coefficient (Wildman–Crippen LogP) is 1.55. The summed E-state index contributed by atoms with van der Waals surface area (Å²) in [6, 6.07) is 8.24. The number of nitrogens with one attached hydrogen (secondary N) is 2. The molecule has 1 aromatic carbocycles. The average Bonchev–Trinajstić information content (AvgIpc) is 2.39. The molecule has 2 atom stereocenters. The number of hydrogen-bond acceptors (Lipinski definition) is 3. The molecule has 104 valence electrons. The Hall–Kier alpha value is -1.39. The lowest BCUT2D eigenvalue weighted by molar-refractivity contribution is -0.125. The Balaban J connectivity index is 1.84. The molecule has 0 aliphatic carbocycles. The molecule has 1 saturated heterocycles. The minimum Gasteiger partial charge on any atom is -0.375 e. The summed E-state index contributed by atoms with van der Waals surface area (Å²) in [5, 5.41) is 6.25. The van der Waals surface area contributed by atoms with Gasteiger partial charge in [0.1, 0.15) is 0 Å². The first-order chi connectivity index (χ1) is 9.15. The molecule has 0 bridgehead atoms. The number of carbonyl (C=O) groups excluding carboxylic acids is 1. The monoisotopic (exact) mass is 262 g/mol. The van der Waals surface area contributed by atoms with Crippen molar-refractivity contribution in [2.24, 2.45) is 0 Å². The molecule has 0 saturated carbocycles. The number of aryl methyl sites for hydroxylation is 1. The lowest BCUT2D eigenvalue weighted by Crippen LogP contribution is -2.41. The van der Waals surface area contributed by atoms with Crippen molar-refractivity contribution in [1.82, 2.24) is 10.6 Å². The van der Waals surface area contributed by atoms with Gasteiger partial charge in [0.2, 0.25) is 5.91 Å². The molecule has 1 unspecified atom stereocenters. The van der Waals surface area contributed by atoms with Crippen molar-refractivity contribution in [2.45, 2.75) is 32.4 Å². The van der Waals surface area contributed by atoms with Crippen LogP contribution in [0.4, 0.5) is 0 Å². The van der Waals surface area contributed by atoms with Crippen LogP contribution >= 0.6 is 0 Å². The summed E-state index contributed by atoms with van der Waals surface area (Å²) in [6.07, 6.45) is 0.418. The third-order valence-electron chi connectivity index (χ3n) is 3.34. The van der Waals surface area contributed by atoms with Crippen LogP contribution in [0.25, 0.3) is 0 Å². The van der Waals surface area contributed by atoms with Gasteiger partial charge in [-0.15, -0.1) is 0 Å². The van der Waals surface area contributed by atoms with Crippen LogP contribution in [0.5, 0.6) is 0 Å². The maximum atomic E-state index is 12.0. The molecule has 0 spiro atoms. The van der Waals surface area contributed by atoms with Gasteiger partial charge in [-0.05, 0) is 19.4 Å². The summed E-state index contributed by atoms with van der Waals surface area (Å²) in [5.41, 5.74) is 2.34. The van der Waals surface area contributed by atoms with E-state index in [-0.39, 0.29) is 18.1 Å². The standard InChI is InChI=1S/C15H22N2O2/c1-11-4-3-5-13(8-11)12(2)17-15(18)9-14-10-16-6-7-19-14/h3-5,8,12,14,16H,6-7,9-10H2,1-2H3,(H,17,18)/t12-,14?/m0/s1. The van der Waals surface area contributed by atoms with Gasteiger partial charge in [0.05, 0.1) is 25.2 Å². The van der Waals surface area contributed by atoms with Crippen LogP contribution in [0.1, 0.15) is 30.5 Å². The topological polar surface area (TPSA) is 50.4 Å². The van der Waals surface area contributed by atoms with Gasteiger partial charge < -0.3 is 15.4 Å². The quantitative estimate of drug-likeness (QED) is 0.865. The average molecular weight is 262 g/mol. The molecule has 2 rings (SSSR count). The van der Waals surface area contributed by atoms with Gasteiger partial charge >= 0.3 is 0 Å². The third kappa shape index (κ3) is 4.33. The Kier molecular flexibility index (Phi) is 4.93. The molecular formula is C15H22N2O2. The fraction of sp³-hybridized carbons (Fsp3) is 0.533. The van der Waals surface area contributed by atoms with Gasteiger partial charge in [-0.2, -0.15) is 0 Å². The number of carbonyl (C=O) groups is 1. The van der Waals surface area contributed by atoms with Crippen LogP contribution in [0.3, 0.4) is 0 Å². The highest BCUT2D eigenvalue weighted by molar-refractivity contribution is 5.77. The molecule has 1 aromatic rings. The van der Waals surface area contributed by atoms with E-state index in [1.54, 1.807) is 0 Å². The number of ether oxygens (including phenoxy) is 1. The highest BCUT2D eigenvalue weighted by Gasteiger charge is 2.18. The lowest BCUT2D eigenvalue weighted by atomic mass is 10.1. The molecule has 1 aliphatic heterocycles. The minimum absolute atomic E-state index is 0.00143. The summed E-state index contributed by atoms with van der Waals surface area (Å²) < 4.78 is 5.53. The largest absolute Gasteiger partial charge is 0.375 e. The van der Waals surface area contributed by atoms with E-state index in [0.717, 1.165) is 18.7 Å². The smallest absolute Gasteiger partial charge is 0.223 e. The molecular weight excluding hydrogens is 240 g/mol. The van der Waals surface area contributed by atoms with Crippen LogP contribution < -0.4 is 10.6 Å². The molecule has 1 fully saturated rings. The fourth-order valence-corrected chi connectivity index (χ4v) is 2.28. The van der Waals surface area contributed by atoms with E-state index in [4.69, 9.17) is 4.74 Å². The Labute approximate surface area is 114 Å². The highest BCUT2D eigenvalue weighted by Crippen LogP contribution is 2.14. The first kappa shape index (κ1) is 14.0. The molecule has 0 aromatic heterocycles. The van der Waals surface area contributed by atoms with E-state index in [0.29, 0.717) is 13.0 Å². The molecule has 19 heavy (non-hydrogen) atoms. The molecule has 1 aliphatic rings. The van der Waals surface area contributed by atoms with Crippen LogP contribution in [0.2, 0.25) is 0 Å². The Bertz CT molecular complexity index is 428. The normalized spacial score (nSPS) is 20.8. The Morgan fingerprint density at radius 1 is 1.58 bits per heavy atom. The van der Waals surface area contributed by atoms with E-state index >= 15 is 0 Å². The summed E-state index contributed by atoms with van der Waals surface area (Å²) in [7, 11) is 0. The lowest BCUT2D eigenvalue weighted by Gasteiger charge is -2.24. The molecule has 4 nitrogen and oxygen atoms in total. The second kappa shape index (κ2) is 6.68. The fourth-order valence-electron chi connectivity index (χ4n) is 2.28. The number of rotatable bonds is 4. The first-order valence-electron chi connectivity index (χ1n) is 6.83. The second-order valence-corrected chi connectivity index (χ2v) is 5.10. The zero-order chi connectivity index (χ0) is 13.7. The maximum absolute atomic E-state index is 12.0. The molecule has 2 N–H and O–H groups in total. The van der Waals surface area contributed by atoms with Crippen molar-refractivity contribution in [3.63, 3.8) is 0 Å². The summed E-state index contributed by atoms with van der Waals surface area (Å²) in [6.45, 7) is 6.38. The maximum Gasteiger partial charge on any atom is 0.223 e. The van der Waals surface area contributed by atoms with Gasteiger partial charge in [-0.1, -0.05) is 29.8 Å². The van der Waals surface area contributed by atoms with Gasteiger partial charge in [-0.25, -0.2) is 0 Å². The zero-order valence-corrected chi connectivity index (χ0v) is 11.6. The third-order valence-corrected chi connectivity index (χ3v) is 3.34. The molecule has 0 radical (unpaired) electrons. The number of morpholine rings is 1. The van der Waals surface area contributed by atoms with Crippen molar-refractivity contribution in [1.29, 1.82) is 0 Å². The highest BCUT2D eigenvalue weighted by atomic mass is 16.5. The van der Waals surface area contributed by atoms with Crippen LogP contribution in [0.15, 0.2) is 24.3 Å². The van der Waals surface area contributed by atoms with E-state index in [1.165, 1.54) is 5.56 Å². The number of hydrogen-bond donors (Lipinski definition) is 2. The molecule has 1 amide bonds. The summed E-state index contributed by atoms with van der Waals surface area (Å²) in [5.74, 6) is 0.0442. The van der Waals surface area contributed by atoms with Crippen molar-refractivity contribution < 1.29 is 9.53 Å². The van der Waals surface area contributed by atoms with Crippen LogP contribution in [-0.4, -0.2) is 31.7 Å². The van der Waals surface area contributed by atoms with Gasteiger partial charge in [0, 0.05) is 13.1 Å². The molecule has 4 heteroatoms. The first-order valence-corrected chi connectivity index (χ1v) is 6.83. The Morgan fingerprint density at radius 2 is 2.42 bits per heavy atom. The number of benzene rings is 1. The number of amides is 1. The second-order valence-electron chi connectivity index (χ2n) is 5.10. The zero-order valence-electron chi connectivity index (χ0n) is 11.6. The van der Waals surface area contributed by atoms with Crippen molar-refractivity contribution >= 4 is 5.91 Å². The summed E-state index contributed by atoms with van der Waals surface area (Å²) >= 11 is 0. The van der Waals surface area contributed by atoms with E-state index < -0.39 is 0 Å². The van der Waals surface area contributed by atoms with E-state index in [1.807, 2.05) is 19.1 Å². The molecule has 1 heterocycles. The van der Waals surface area contributed by atoms with Crippen molar-refractivity contribution in [3.8, 4) is 0 Å².